The van der Waals surface area contributed by atoms with Crippen LogP contribution in [-0.2, 0) is 9.59 Å². The first-order valence-electron chi connectivity index (χ1n) is 8.42. The molecule has 0 radical (unpaired) electrons. The summed E-state index contributed by atoms with van der Waals surface area (Å²) in [7, 11) is 0. The average Bonchev–Trinajstić information content (AvgIpc) is 3.09. The summed E-state index contributed by atoms with van der Waals surface area (Å²) >= 11 is 0. The van der Waals surface area contributed by atoms with Crippen LogP contribution >= 0.6 is 0 Å². The van der Waals surface area contributed by atoms with E-state index in [4.69, 9.17) is 0 Å². The molecule has 7 heteroatoms. The molecule has 1 saturated heterocycles. The Hall–Kier alpha value is -2.70. The van der Waals surface area contributed by atoms with Crippen molar-refractivity contribution in [2.75, 3.05) is 19.6 Å². The first kappa shape index (κ1) is 17.1. The fourth-order valence-corrected chi connectivity index (χ4v) is 3.28. The van der Waals surface area contributed by atoms with Crippen molar-refractivity contribution in [1.82, 2.24) is 15.1 Å². The molecule has 1 fully saturated rings. The third-order valence-corrected chi connectivity index (χ3v) is 4.67. The van der Waals surface area contributed by atoms with Crippen LogP contribution in [0.4, 0.5) is 0 Å². The van der Waals surface area contributed by atoms with Crippen LogP contribution in [0.1, 0.15) is 41.0 Å². The van der Waals surface area contributed by atoms with E-state index in [0.29, 0.717) is 17.7 Å². The van der Waals surface area contributed by atoms with Crippen molar-refractivity contribution >= 4 is 23.6 Å². The molecule has 2 aliphatic rings. The Morgan fingerprint density at radius 3 is 2.28 bits per heavy atom. The number of imide groups is 1. The highest BCUT2D eigenvalue weighted by Gasteiger charge is 2.37. The van der Waals surface area contributed by atoms with Gasteiger partial charge in [-0.3, -0.25) is 24.1 Å². The first-order valence-corrected chi connectivity index (χ1v) is 8.42. The van der Waals surface area contributed by atoms with Crippen molar-refractivity contribution in [2.45, 2.75) is 26.3 Å². The van der Waals surface area contributed by atoms with Gasteiger partial charge in [0.25, 0.3) is 11.8 Å². The van der Waals surface area contributed by atoms with Gasteiger partial charge in [0.15, 0.2) is 0 Å². The lowest BCUT2D eigenvalue weighted by molar-refractivity contribution is -0.129. The van der Waals surface area contributed by atoms with Gasteiger partial charge in [-0.2, -0.15) is 0 Å². The largest absolute Gasteiger partial charge is 0.354 e. The molecule has 1 aromatic rings. The highest BCUT2D eigenvalue weighted by Crippen LogP contribution is 2.22. The Morgan fingerprint density at radius 2 is 1.76 bits per heavy atom. The number of fused-ring (bicyclic) bond motifs is 1. The number of carbonyl (C=O) groups excluding carboxylic acids is 4. The molecule has 0 unspecified atom stereocenters. The van der Waals surface area contributed by atoms with Gasteiger partial charge in [-0.1, -0.05) is 12.1 Å². The number of amides is 4. The van der Waals surface area contributed by atoms with Crippen molar-refractivity contribution in [3.8, 4) is 0 Å². The van der Waals surface area contributed by atoms with Gasteiger partial charge < -0.3 is 10.2 Å². The lowest BCUT2D eigenvalue weighted by atomic mass is 10.1. The first-order chi connectivity index (χ1) is 11.9. The number of hydrogen-bond acceptors (Lipinski definition) is 4. The molecule has 1 atom stereocenters. The number of rotatable bonds is 5. The zero-order chi connectivity index (χ0) is 18.1. The van der Waals surface area contributed by atoms with Crippen LogP contribution in [0.3, 0.4) is 0 Å². The Morgan fingerprint density at radius 1 is 1.16 bits per heavy atom. The van der Waals surface area contributed by atoms with E-state index < -0.39 is 0 Å². The normalized spacial score (nSPS) is 19.8. The molecule has 4 amide bonds. The fourth-order valence-electron chi connectivity index (χ4n) is 3.28. The molecule has 0 saturated carbocycles. The molecule has 0 aromatic heterocycles. The number of likely N-dealkylation sites (tertiary alicyclic amines) is 1. The predicted octanol–water partition coefficient (Wildman–Crippen LogP) is 0.656. The number of nitrogens with one attached hydrogen (secondary N) is 1. The van der Waals surface area contributed by atoms with Gasteiger partial charge in [0, 0.05) is 32.1 Å². The molecular weight excluding hydrogens is 322 g/mol. The summed E-state index contributed by atoms with van der Waals surface area (Å²) in [4.78, 5) is 51.4. The van der Waals surface area contributed by atoms with Crippen molar-refractivity contribution in [1.29, 1.82) is 0 Å². The van der Waals surface area contributed by atoms with Gasteiger partial charge in [0.05, 0.1) is 17.0 Å². The van der Waals surface area contributed by atoms with Crippen LogP contribution in [0, 0.1) is 5.92 Å². The third-order valence-electron chi connectivity index (χ3n) is 4.67. The molecule has 1 aromatic carbocycles. The SMILES string of the molecule is CC(C)N1C[C@@H](C(=O)NCCN2C(=O)c3ccccc3C2=O)CC1=O. The van der Waals surface area contributed by atoms with E-state index in [-0.39, 0.29) is 55.1 Å². The lowest BCUT2D eigenvalue weighted by Gasteiger charge is -2.21. The van der Waals surface area contributed by atoms with E-state index in [1.165, 1.54) is 0 Å². The standard InChI is InChI=1S/C18H21N3O4/c1-11(2)21-10-12(9-15(21)22)16(23)19-7-8-20-17(24)13-5-3-4-6-14(13)18(20)25/h3-6,11-12H,7-10H2,1-2H3,(H,19,23)/t12-/m0/s1. The maximum atomic E-state index is 12.2. The summed E-state index contributed by atoms with van der Waals surface area (Å²) in [6, 6.07) is 6.75. The molecule has 1 N–H and O–H groups in total. The zero-order valence-corrected chi connectivity index (χ0v) is 14.3. The summed E-state index contributed by atoms with van der Waals surface area (Å²) in [5.41, 5.74) is 0.792. The maximum absolute atomic E-state index is 12.2. The van der Waals surface area contributed by atoms with Crippen LogP contribution in [-0.4, -0.2) is 59.1 Å². The van der Waals surface area contributed by atoms with Gasteiger partial charge >= 0.3 is 0 Å². The topological polar surface area (TPSA) is 86.8 Å². The molecular formula is C18H21N3O4. The van der Waals surface area contributed by atoms with Crippen LogP contribution in [0.25, 0.3) is 0 Å². The summed E-state index contributed by atoms with van der Waals surface area (Å²) in [5.74, 6) is -1.28. The van der Waals surface area contributed by atoms with Crippen LogP contribution in [0.2, 0.25) is 0 Å². The smallest absolute Gasteiger partial charge is 0.261 e. The van der Waals surface area contributed by atoms with Crippen LogP contribution < -0.4 is 5.32 Å². The quantitative estimate of drug-likeness (QED) is 0.796. The second-order valence-corrected chi connectivity index (χ2v) is 6.64. The van der Waals surface area contributed by atoms with Gasteiger partial charge in [-0.25, -0.2) is 0 Å². The summed E-state index contributed by atoms with van der Waals surface area (Å²) in [6.07, 6.45) is 0.205. The highest BCUT2D eigenvalue weighted by atomic mass is 16.2. The lowest BCUT2D eigenvalue weighted by Crippen LogP contribution is -2.40. The van der Waals surface area contributed by atoms with Crippen molar-refractivity contribution in [3.05, 3.63) is 35.4 Å². The maximum Gasteiger partial charge on any atom is 0.261 e. The molecule has 2 heterocycles. The number of nitrogens with zero attached hydrogens (tertiary/aromatic N) is 2. The van der Waals surface area contributed by atoms with E-state index in [9.17, 15) is 19.2 Å². The Labute approximate surface area is 146 Å². The number of carbonyl (C=O) groups is 4. The summed E-state index contributed by atoms with van der Waals surface area (Å²) < 4.78 is 0. The van der Waals surface area contributed by atoms with E-state index in [1.54, 1.807) is 29.2 Å². The van der Waals surface area contributed by atoms with Gasteiger partial charge in [-0.15, -0.1) is 0 Å². The minimum atomic E-state index is -0.378. The zero-order valence-electron chi connectivity index (χ0n) is 14.3. The molecule has 25 heavy (non-hydrogen) atoms. The molecule has 7 nitrogen and oxygen atoms in total. The predicted molar refractivity (Wildman–Crippen MR) is 89.8 cm³/mol. The van der Waals surface area contributed by atoms with Crippen LogP contribution in [0.5, 0.6) is 0 Å². The van der Waals surface area contributed by atoms with Crippen molar-refractivity contribution in [3.63, 3.8) is 0 Å². The van der Waals surface area contributed by atoms with Gasteiger partial charge in [0.2, 0.25) is 11.8 Å². The van der Waals surface area contributed by atoms with E-state index in [2.05, 4.69) is 5.32 Å². The Balaban J connectivity index is 1.53. The van der Waals surface area contributed by atoms with Crippen LogP contribution in [0.15, 0.2) is 24.3 Å². The number of benzene rings is 1. The number of hydrogen-bond donors (Lipinski definition) is 1. The van der Waals surface area contributed by atoms with Crippen molar-refractivity contribution < 1.29 is 19.2 Å². The van der Waals surface area contributed by atoms with Gasteiger partial charge in [0.1, 0.15) is 0 Å². The fraction of sp³-hybridized carbons (Fsp3) is 0.444. The third kappa shape index (κ3) is 3.14. The molecule has 3 rings (SSSR count). The monoisotopic (exact) mass is 343 g/mol. The highest BCUT2D eigenvalue weighted by molar-refractivity contribution is 6.21. The second-order valence-electron chi connectivity index (χ2n) is 6.64. The Kier molecular flexibility index (Phi) is 4.57. The summed E-state index contributed by atoms with van der Waals surface area (Å²) in [5, 5.41) is 2.74. The molecule has 132 valence electrons. The van der Waals surface area contributed by atoms with Crippen molar-refractivity contribution in [2.24, 2.45) is 5.92 Å². The minimum Gasteiger partial charge on any atom is -0.354 e. The average molecular weight is 343 g/mol. The summed E-state index contributed by atoms with van der Waals surface area (Å²) in [6.45, 7) is 4.54. The molecule has 2 aliphatic heterocycles. The van der Waals surface area contributed by atoms with E-state index >= 15 is 0 Å². The minimum absolute atomic E-state index is 0.0181. The molecule has 0 aliphatic carbocycles. The van der Waals surface area contributed by atoms with Gasteiger partial charge in [-0.05, 0) is 26.0 Å². The van der Waals surface area contributed by atoms with E-state index in [1.807, 2.05) is 13.8 Å². The Bertz CT molecular complexity index is 709. The van der Waals surface area contributed by atoms with E-state index in [0.717, 1.165) is 4.90 Å². The second kappa shape index (κ2) is 6.66. The molecule has 0 spiro atoms. The molecule has 0 bridgehead atoms.